The molecule has 1 rings (SSSR count). The second-order valence-electron chi connectivity index (χ2n) is 4.14. The first-order valence-electron chi connectivity index (χ1n) is 5.53. The van der Waals surface area contributed by atoms with E-state index in [0.717, 1.165) is 12.5 Å². The molecule has 14 heavy (non-hydrogen) atoms. The topological polar surface area (TPSA) is 12.0 Å². The van der Waals surface area contributed by atoms with E-state index in [-0.39, 0.29) is 0 Å². The number of hydrogen-bond donors (Lipinski definition) is 1. The maximum absolute atomic E-state index is 3.47. The number of nitrogens with one attached hydrogen (secondary N) is 1. The van der Waals surface area contributed by atoms with E-state index in [1.807, 2.05) is 0 Å². The van der Waals surface area contributed by atoms with Crippen LogP contribution in [0.1, 0.15) is 32.3 Å². The minimum atomic E-state index is 0.764. The van der Waals surface area contributed by atoms with Crippen LogP contribution in [0.5, 0.6) is 0 Å². The van der Waals surface area contributed by atoms with Gasteiger partial charge in [0.15, 0.2) is 0 Å². The molecule has 0 amide bonds. The Bertz CT molecular complexity index is 268. The number of benzene rings is 1. The average Bonchev–Trinajstić information content (AvgIpc) is 2.15. The van der Waals surface area contributed by atoms with Gasteiger partial charge in [-0.05, 0) is 37.0 Å². The van der Waals surface area contributed by atoms with Crippen LogP contribution < -0.4 is 5.32 Å². The van der Waals surface area contributed by atoms with E-state index < -0.39 is 0 Å². The fourth-order valence-electron chi connectivity index (χ4n) is 1.64. The highest BCUT2D eigenvalue weighted by Gasteiger charge is 1.99. The standard InChI is InChI=1S/C13H21N/c1-4-6-12(3)10-14-13-8-5-7-11(2)9-13/h5,7-9,12,14H,4,6,10H2,1-3H3. The van der Waals surface area contributed by atoms with Crippen molar-refractivity contribution in [3.63, 3.8) is 0 Å². The molecule has 0 spiro atoms. The van der Waals surface area contributed by atoms with Gasteiger partial charge < -0.3 is 5.32 Å². The van der Waals surface area contributed by atoms with Crippen molar-refractivity contribution in [1.29, 1.82) is 0 Å². The Hall–Kier alpha value is -0.980. The van der Waals surface area contributed by atoms with Crippen LogP contribution in [0.3, 0.4) is 0 Å². The lowest BCUT2D eigenvalue weighted by molar-refractivity contribution is 0.551. The van der Waals surface area contributed by atoms with Crippen molar-refractivity contribution in [3.05, 3.63) is 29.8 Å². The highest BCUT2D eigenvalue weighted by Crippen LogP contribution is 2.11. The summed E-state index contributed by atoms with van der Waals surface area (Å²) >= 11 is 0. The quantitative estimate of drug-likeness (QED) is 0.745. The molecule has 1 N–H and O–H groups in total. The molecule has 0 saturated heterocycles. The predicted molar refractivity (Wildman–Crippen MR) is 63.7 cm³/mol. The summed E-state index contributed by atoms with van der Waals surface area (Å²) in [7, 11) is 0. The normalized spacial score (nSPS) is 12.5. The highest BCUT2D eigenvalue weighted by atomic mass is 14.9. The van der Waals surface area contributed by atoms with Crippen molar-refractivity contribution in [3.8, 4) is 0 Å². The van der Waals surface area contributed by atoms with Crippen molar-refractivity contribution in [2.45, 2.75) is 33.6 Å². The molecule has 0 aromatic heterocycles. The van der Waals surface area contributed by atoms with Crippen LogP contribution in [-0.4, -0.2) is 6.54 Å². The van der Waals surface area contributed by atoms with Crippen LogP contribution in [-0.2, 0) is 0 Å². The highest BCUT2D eigenvalue weighted by molar-refractivity contribution is 5.45. The summed E-state index contributed by atoms with van der Waals surface area (Å²) in [4.78, 5) is 0. The van der Waals surface area contributed by atoms with Gasteiger partial charge in [0.05, 0.1) is 0 Å². The molecular formula is C13H21N. The SMILES string of the molecule is CCCC(C)CNc1cccc(C)c1. The summed E-state index contributed by atoms with van der Waals surface area (Å²) in [5.41, 5.74) is 2.56. The summed E-state index contributed by atoms with van der Waals surface area (Å²) in [6.07, 6.45) is 2.58. The van der Waals surface area contributed by atoms with Gasteiger partial charge in [0.2, 0.25) is 0 Å². The molecule has 0 aliphatic rings. The van der Waals surface area contributed by atoms with E-state index in [0.29, 0.717) is 0 Å². The Kier molecular flexibility index (Phi) is 4.51. The number of anilines is 1. The van der Waals surface area contributed by atoms with Crippen molar-refractivity contribution in [2.75, 3.05) is 11.9 Å². The van der Waals surface area contributed by atoms with Gasteiger partial charge in [0, 0.05) is 12.2 Å². The van der Waals surface area contributed by atoms with E-state index in [4.69, 9.17) is 0 Å². The van der Waals surface area contributed by atoms with Crippen molar-refractivity contribution < 1.29 is 0 Å². The van der Waals surface area contributed by atoms with Crippen LogP contribution in [0.2, 0.25) is 0 Å². The first kappa shape index (κ1) is 11.1. The molecule has 78 valence electrons. The van der Waals surface area contributed by atoms with Crippen molar-refractivity contribution in [2.24, 2.45) is 5.92 Å². The lowest BCUT2D eigenvalue weighted by atomic mass is 10.1. The zero-order valence-electron chi connectivity index (χ0n) is 9.51. The van der Waals surface area contributed by atoms with Gasteiger partial charge in [0.1, 0.15) is 0 Å². The fraction of sp³-hybridized carbons (Fsp3) is 0.538. The second-order valence-corrected chi connectivity index (χ2v) is 4.14. The van der Waals surface area contributed by atoms with Gasteiger partial charge in [-0.25, -0.2) is 0 Å². The minimum absolute atomic E-state index is 0.764. The number of rotatable bonds is 5. The summed E-state index contributed by atoms with van der Waals surface area (Å²) in [6.45, 7) is 7.74. The summed E-state index contributed by atoms with van der Waals surface area (Å²) in [5, 5.41) is 3.47. The molecule has 0 radical (unpaired) electrons. The van der Waals surface area contributed by atoms with Gasteiger partial charge in [0.25, 0.3) is 0 Å². The second kappa shape index (κ2) is 5.69. The van der Waals surface area contributed by atoms with E-state index in [9.17, 15) is 0 Å². The van der Waals surface area contributed by atoms with E-state index in [2.05, 4.69) is 50.4 Å². The summed E-state index contributed by atoms with van der Waals surface area (Å²) in [6, 6.07) is 8.55. The van der Waals surface area contributed by atoms with Crippen LogP contribution in [0.4, 0.5) is 5.69 Å². The Morgan fingerprint density at radius 3 is 2.79 bits per heavy atom. The van der Waals surface area contributed by atoms with Crippen LogP contribution in [0.15, 0.2) is 24.3 Å². The van der Waals surface area contributed by atoms with E-state index in [1.54, 1.807) is 0 Å². The van der Waals surface area contributed by atoms with Crippen molar-refractivity contribution in [1.82, 2.24) is 0 Å². The Balaban J connectivity index is 2.37. The third-order valence-corrected chi connectivity index (χ3v) is 2.45. The maximum Gasteiger partial charge on any atom is 0.0342 e. The van der Waals surface area contributed by atoms with Crippen LogP contribution in [0, 0.1) is 12.8 Å². The predicted octanol–water partition coefficient (Wildman–Crippen LogP) is 3.84. The van der Waals surface area contributed by atoms with Gasteiger partial charge in [-0.1, -0.05) is 32.4 Å². The molecule has 0 saturated carbocycles. The largest absolute Gasteiger partial charge is 0.385 e. The minimum Gasteiger partial charge on any atom is -0.385 e. The molecule has 1 unspecified atom stereocenters. The Morgan fingerprint density at radius 2 is 2.14 bits per heavy atom. The van der Waals surface area contributed by atoms with Gasteiger partial charge in [-0.15, -0.1) is 0 Å². The Labute approximate surface area is 87.5 Å². The number of hydrogen-bond acceptors (Lipinski definition) is 1. The Morgan fingerprint density at radius 1 is 1.36 bits per heavy atom. The molecular weight excluding hydrogens is 170 g/mol. The first-order chi connectivity index (χ1) is 6.72. The molecule has 0 aliphatic carbocycles. The molecule has 1 atom stereocenters. The molecule has 0 aliphatic heterocycles. The molecule has 0 bridgehead atoms. The maximum atomic E-state index is 3.47. The first-order valence-corrected chi connectivity index (χ1v) is 5.53. The van der Waals surface area contributed by atoms with Crippen molar-refractivity contribution >= 4 is 5.69 Å². The lowest BCUT2D eigenvalue weighted by Gasteiger charge is -2.12. The third-order valence-electron chi connectivity index (χ3n) is 2.45. The summed E-state index contributed by atoms with van der Waals surface area (Å²) < 4.78 is 0. The average molecular weight is 191 g/mol. The zero-order chi connectivity index (χ0) is 10.4. The summed E-state index contributed by atoms with van der Waals surface area (Å²) in [5.74, 6) is 0.764. The fourth-order valence-corrected chi connectivity index (χ4v) is 1.64. The third kappa shape index (κ3) is 3.82. The van der Waals surface area contributed by atoms with Crippen LogP contribution in [0.25, 0.3) is 0 Å². The molecule has 1 aromatic rings. The zero-order valence-corrected chi connectivity index (χ0v) is 9.51. The monoisotopic (exact) mass is 191 g/mol. The molecule has 1 heteroatoms. The van der Waals surface area contributed by atoms with Gasteiger partial charge in [-0.3, -0.25) is 0 Å². The smallest absolute Gasteiger partial charge is 0.0342 e. The number of aryl methyl sites for hydroxylation is 1. The molecule has 1 aromatic carbocycles. The van der Waals surface area contributed by atoms with Crippen LogP contribution >= 0.6 is 0 Å². The van der Waals surface area contributed by atoms with Gasteiger partial charge in [-0.2, -0.15) is 0 Å². The van der Waals surface area contributed by atoms with E-state index in [1.165, 1.54) is 24.1 Å². The van der Waals surface area contributed by atoms with E-state index >= 15 is 0 Å². The molecule has 1 nitrogen and oxygen atoms in total. The molecule has 0 fully saturated rings. The van der Waals surface area contributed by atoms with Gasteiger partial charge >= 0.3 is 0 Å². The molecule has 0 heterocycles. The lowest BCUT2D eigenvalue weighted by Crippen LogP contribution is -2.10.